The summed E-state index contributed by atoms with van der Waals surface area (Å²) in [6.07, 6.45) is 2.72. The van der Waals surface area contributed by atoms with Crippen molar-refractivity contribution in [1.82, 2.24) is 10.2 Å². The minimum absolute atomic E-state index is 0.0636. The highest BCUT2D eigenvalue weighted by molar-refractivity contribution is 5.91. The molecule has 0 bridgehead atoms. The van der Waals surface area contributed by atoms with E-state index < -0.39 is 0 Å². The van der Waals surface area contributed by atoms with Crippen LogP contribution in [0.3, 0.4) is 0 Å². The van der Waals surface area contributed by atoms with Crippen LogP contribution in [0.15, 0.2) is 54.6 Å². The molecule has 0 atom stereocenters. The fraction of sp³-hybridized carbons (Fsp3) is 0.273. The molecule has 0 spiro atoms. The number of hydrogen-bond donors (Lipinski definition) is 2. The number of ether oxygens (including phenoxy) is 1. The summed E-state index contributed by atoms with van der Waals surface area (Å²) in [7, 11) is 0. The van der Waals surface area contributed by atoms with Gasteiger partial charge < -0.3 is 10.1 Å². The van der Waals surface area contributed by atoms with E-state index in [1.807, 2.05) is 61.5 Å². The number of rotatable bonds is 7. The number of nitrogens with one attached hydrogen (secondary N) is 2. The van der Waals surface area contributed by atoms with Gasteiger partial charge in [-0.2, -0.15) is 5.10 Å². The number of benzene rings is 2. The van der Waals surface area contributed by atoms with Crippen molar-refractivity contribution in [3.63, 3.8) is 0 Å². The van der Waals surface area contributed by atoms with Gasteiger partial charge in [0.1, 0.15) is 5.75 Å². The highest BCUT2D eigenvalue weighted by Gasteiger charge is 2.25. The molecule has 27 heavy (non-hydrogen) atoms. The van der Waals surface area contributed by atoms with Crippen molar-refractivity contribution in [2.45, 2.75) is 32.1 Å². The van der Waals surface area contributed by atoms with Crippen molar-refractivity contribution in [3.05, 3.63) is 65.9 Å². The lowest BCUT2D eigenvalue weighted by molar-refractivity contribution is -0.115. The third-order valence-electron chi connectivity index (χ3n) is 4.70. The minimum Gasteiger partial charge on any atom is -0.493 e. The van der Waals surface area contributed by atoms with Crippen molar-refractivity contribution in [3.8, 4) is 16.9 Å². The fourth-order valence-corrected chi connectivity index (χ4v) is 3.17. The van der Waals surface area contributed by atoms with Gasteiger partial charge in [0.15, 0.2) is 5.82 Å². The van der Waals surface area contributed by atoms with E-state index in [-0.39, 0.29) is 5.91 Å². The molecule has 0 saturated heterocycles. The van der Waals surface area contributed by atoms with Gasteiger partial charge in [-0.25, -0.2) is 0 Å². The van der Waals surface area contributed by atoms with E-state index in [0.717, 1.165) is 28.1 Å². The molecule has 1 amide bonds. The van der Waals surface area contributed by atoms with Gasteiger partial charge in [0.2, 0.25) is 5.91 Å². The summed E-state index contributed by atoms with van der Waals surface area (Å²) in [5.74, 6) is 2.00. The molecule has 0 aliphatic heterocycles. The van der Waals surface area contributed by atoms with E-state index in [1.165, 1.54) is 12.8 Å². The van der Waals surface area contributed by atoms with Crippen LogP contribution < -0.4 is 10.1 Å². The van der Waals surface area contributed by atoms with Crippen LogP contribution >= 0.6 is 0 Å². The van der Waals surface area contributed by atoms with Crippen molar-refractivity contribution < 1.29 is 9.53 Å². The first-order chi connectivity index (χ1) is 13.2. The normalized spacial score (nSPS) is 13.4. The second kappa shape index (κ2) is 7.66. The van der Waals surface area contributed by atoms with E-state index >= 15 is 0 Å². The number of aromatic amines is 1. The van der Waals surface area contributed by atoms with Crippen molar-refractivity contribution >= 4 is 11.7 Å². The molecule has 3 aromatic rings. The molecule has 4 rings (SSSR count). The number of carbonyl (C=O) groups excluding carboxylic acids is 1. The Balaban J connectivity index is 1.40. The molecule has 1 aromatic heterocycles. The highest BCUT2D eigenvalue weighted by atomic mass is 16.5. The maximum Gasteiger partial charge on any atom is 0.229 e. The zero-order chi connectivity index (χ0) is 18.6. The molecule has 1 aliphatic rings. The molecule has 1 heterocycles. The van der Waals surface area contributed by atoms with Crippen LogP contribution in [-0.4, -0.2) is 22.7 Å². The van der Waals surface area contributed by atoms with Crippen molar-refractivity contribution in [2.24, 2.45) is 0 Å². The lowest BCUT2D eigenvalue weighted by Gasteiger charge is -2.10. The van der Waals surface area contributed by atoms with Crippen LogP contribution in [0.25, 0.3) is 11.1 Å². The quantitative estimate of drug-likeness (QED) is 0.649. The average molecular weight is 361 g/mol. The van der Waals surface area contributed by atoms with Gasteiger partial charge in [-0.05, 0) is 37.0 Å². The minimum atomic E-state index is -0.0636. The van der Waals surface area contributed by atoms with Gasteiger partial charge in [-0.15, -0.1) is 0 Å². The van der Waals surface area contributed by atoms with Crippen LogP contribution in [-0.2, 0) is 11.2 Å². The summed E-state index contributed by atoms with van der Waals surface area (Å²) in [4.78, 5) is 12.3. The van der Waals surface area contributed by atoms with Gasteiger partial charge in [0, 0.05) is 23.2 Å². The Bertz CT molecular complexity index is 927. The third kappa shape index (κ3) is 4.19. The van der Waals surface area contributed by atoms with Gasteiger partial charge in [0.25, 0.3) is 0 Å². The zero-order valence-corrected chi connectivity index (χ0v) is 15.4. The predicted octanol–water partition coefficient (Wildman–Crippen LogP) is 4.53. The Morgan fingerprint density at radius 1 is 1.19 bits per heavy atom. The SMILES string of the molecule is CCOc1ccccc1-c1ccc(CC(=O)Nc2cc(C3CC3)[nH]n2)cc1. The molecule has 138 valence electrons. The molecular formula is C22H23N3O2. The Labute approximate surface area is 158 Å². The highest BCUT2D eigenvalue weighted by Crippen LogP contribution is 2.39. The summed E-state index contributed by atoms with van der Waals surface area (Å²) in [6, 6.07) is 17.9. The molecule has 5 nitrogen and oxygen atoms in total. The molecular weight excluding hydrogens is 338 g/mol. The number of hydrogen-bond acceptors (Lipinski definition) is 3. The number of carbonyl (C=O) groups is 1. The lowest BCUT2D eigenvalue weighted by atomic mass is 10.0. The van der Waals surface area contributed by atoms with Gasteiger partial charge in [-0.3, -0.25) is 9.89 Å². The number of amides is 1. The Hall–Kier alpha value is -3.08. The Morgan fingerprint density at radius 3 is 2.70 bits per heavy atom. The Morgan fingerprint density at radius 2 is 1.96 bits per heavy atom. The smallest absolute Gasteiger partial charge is 0.229 e. The number of H-pyrrole nitrogens is 1. The van der Waals surface area contributed by atoms with Gasteiger partial charge in [0.05, 0.1) is 13.0 Å². The Kier molecular flexibility index (Phi) is 4.92. The summed E-state index contributed by atoms with van der Waals surface area (Å²) in [5.41, 5.74) is 4.20. The lowest BCUT2D eigenvalue weighted by Crippen LogP contribution is -2.14. The molecule has 2 N–H and O–H groups in total. The number of aromatic nitrogens is 2. The van der Waals surface area contributed by atoms with Crippen LogP contribution in [0.4, 0.5) is 5.82 Å². The summed E-state index contributed by atoms with van der Waals surface area (Å²) in [5, 5.41) is 10.0. The van der Waals surface area contributed by atoms with Crippen molar-refractivity contribution in [1.29, 1.82) is 0 Å². The van der Waals surface area contributed by atoms with E-state index in [0.29, 0.717) is 24.8 Å². The monoisotopic (exact) mass is 361 g/mol. The van der Waals surface area contributed by atoms with E-state index in [1.54, 1.807) is 0 Å². The van der Waals surface area contributed by atoms with Crippen LogP contribution in [0.5, 0.6) is 5.75 Å². The maximum absolute atomic E-state index is 12.3. The number of nitrogens with zero attached hydrogens (tertiary/aromatic N) is 1. The van der Waals surface area contributed by atoms with E-state index in [9.17, 15) is 4.79 Å². The van der Waals surface area contributed by atoms with Gasteiger partial charge in [-0.1, -0.05) is 42.5 Å². The second-order valence-corrected chi connectivity index (χ2v) is 6.83. The standard InChI is InChI=1S/C22H23N3O2/c1-2-27-20-6-4-3-5-18(20)16-9-7-15(8-10-16)13-22(26)23-21-14-19(24-25-21)17-11-12-17/h3-10,14,17H,2,11-13H2,1H3,(H2,23,24,25,26). The fourth-order valence-electron chi connectivity index (χ4n) is 3.17. The topological polar surface area (TPSA) is 67.0 Å². The second-order valence-electron chi connectivity index (χ2n) is 6.83. The zero-order valence-electron chi connectivity index (χ0n) is 15.4. The average Bonchev–Trinajstić information content (AvgIpc) is 3.43. The molecule has 0 radical (unpaired) electrons. The van der Waals surface area contributed by atoms with Crippen molar-refractivity contribution in [2.75, 3.05) is 11.9 Å². The molecule has 1 saturated carbocycles. The molecule has 1 fully saturated rings. The molecule has 5 heteroatoms. The first-order valence-electron chi connectivity index (χ1n) is 9.39. The first kappa shape index (κ1) is 17.3. The summed E-state index contributed by atoms with van der Waals surface area (Å²) < 4.78 is 5.70. The maximum atomic E-state index is 12.3. The number of anilines is 1. The third-order valence-corrected chi connectivity index (χ3v) is 4.70. The molecule has 1 aliphatic carbocycles. The first-order valence-corrected chi connectivity index (χ1v) is 9.39. The van der Waals surface area contributed by atoms with Crippen LogP contribution in [0, 0.1) is 0 Å². The molecule has 0 unspecified atom stereocenters. The number of para-hydroxylation sites is 1. The van der Waals surface area contributed by atoms with Gasteiger partial charge >= 0.3 is 0 Å². The predicted molar refractivity (Wildman–Crippen MR) is 106 cm³/mol. The largest absolute Gasteiger partial charge is 0.493 e. The summed E-state index contributed by atoms with van der Waals surface area (Å²) >= 11 is 0. The van der Waals surface area contributed by atoms with Crippen LogP contribution in [0.2, 0.25) is 0 Å². The summed E-state index contributed by atoms with van der Waals surface area (Å²) in [6.45, 7) is 2.61. The van der Waals surface area contributed by atoms with Crippen LogP contribution in [0.1, 0.15) is 36.9 Å². The van der Waals surface area contributed by atoms with E-state index in [4.69, 9.17) is 4.74 Å². The molecule has 2 aromatic carbocycles. The van der Waals surface area contributed by atoms with E-state index in [2.05, 4.69) is 15.5 Å².